The summed E-state index contributed by atoms with van der Waals surface area (Å²) in [5.74, 6) is 0.178. The van der Waals surface area contributed by atoms with Gasteiger partial charge in [-0.25, -0.2) is 4.98 Å². The number of rotatable bonds is 5. The number of aromatic amines is 1. The van der Waals surface area contributed by atoms with Crippen molar-refractivity contribution in [1.29, 1.82) is 0 Å². The van der Waals surface area contributed by atoms with E-state index in [0.717, 1.165) is 26.3 Å². The van der Waals surface area contributed by atoms with Crippen LogP contribution in [-0.4, -0.2) is 53.6 Å². The molecule has 0 aliphatic carbocycles. The summed E-state index contributed by atoms with van der Waals surface area (Å²) in [6.45, 7) is 3.83. The molecule has 6 nitrogen and oxygen atoms in total. The molecule has 2 aromatic rings. The second-order valence-corrected chi connectivity index (χ2v) is 5.81. The van der Waals surface area contributed by atoms with E-state index >= 15 is 0 Å². The molecule has 0 radical (unpaired) electrons. The summed E-state index contributed by atoms with van der Waals surface area (Å²) in [7, 11) is 0. The van der Waals surface area contributed by atoms with Crippen LogP contribution in [0.2, 0.25) is 0 Å². The number of ether oxygens (including phenoxy) is 1. The molecule has 1 saturated heterocycles. The molecule has 1 fully saturated rings. The normalized spacial score (nSPS) is 17.5. The summed E-state index contributed by atoms with van der Waals surface area (Å²) in [5, 5.41) is 5.03. The molecule has 1 atom stereocenters. The Balaban J connectivity index is 1.66. The molecule has 1 aliphatic heterocycles. The van der Waals surface area contributed by atoms with Crippen molar-refractivity contribution in [2.45, 2.75) is 6.04 Å². The van der Waals surface area contributed by atoms with Gasteiger partial charge < -0.3 is 15.0 Å². The number of morpholine rings is 1. The molecule has 1 amide bonds. The molecule has 2 N–H and O–H groups in total. The lowest BCUT2D eigenvalue weighted by molar-refractivity contribution is 0.0169. The molecule has 0 saturated carbocycles. The Bertz CT molecular complexity index is 550. The Labute approximate surface area is 127 Å². The number of amides is 1. The first-order valence-electron chi connectivity index (χ1n) is 6.97. The van der Waals surface area contributed by atoms with Crippen LogP contribution in [0.3, 0.4) is 0 Å². The van der Waals surface area contributed by atoms with E-state index in [1.165, 1.54) is 4.88 Å². The number of carbonyl (C=O) groups excluding carboxylic acids is 1. The lowest BCUT2D eigenvalue weighted by Gasteiger charge is -2.34. The summed E-state index contributed by atoms with van der Waals surface area (Å²) < 4.78 is 5.41. The smallest absolute Gasteiger partial charge is 0.287 e. The summed E-state index contributed by atoms with van der Waals surface area (Å²) in [6, 6.07) is 4.35. The van der Waals surface area contributed by atoms with Gasteiger partial charge in [-0.05, 0) is 11.4 Å². The van der Waals surface area contributed by atoms with Gasteiger partial charge in [0.2, 0.25) is 0 Å². The highest BCUT2D eigenvalue weighted by atomic mass is 32.1. The second kappa shape index (κ2) is 6.84. The first-order chi connectivity index (χ1) is 10.3. The van der Waals surface area contributed by atoms with E-state index in [2.05, 4.69) is 31.6 Å². The van der Waals surface area contributed by atoms with Gasteiger partial charge in [0.15, 0.2) is 5.82 Å². The summed E-state index contributed by atoms with van der Waals surface area (Å²) in [5.41, 5.74) is 0. The molecule has 3 heterocycles. The minimum atomic E-state index is -0.171. The number of thiophene rings is 1. The van der Waals surface area contributed by atoms with Crippen molar-refractivity contribution < 1.29 is 9.53 Å². The molecule has 0 spiro atoms. The molecular formula is C14H18N4O2S. The fraction of sp³-hybridized carbons (Fsp3) is 0.429. The number of H-pyrrole nitrogens is 1. The fourth-order valence-electron chi connectivity index (χ4n) is 2.44. The number of aromatic nitrogens is 2. The maximum Gasteiger partial charge on any atom is 0.287 e. The highest BCUT2D eigenvalue weighted by Crippen LogP contribution is 2.25. The van der Waals surface area contributed by atoms with E-state index in [1.807, 2.05) is 6.07 Å². The third-order valence-electron chi connectivity index (χ3n) is 3.53. The van der Waals surface area contributed by atoms with Crippen LogP contribution in [0, 0.1) is 0 Å². The average molecular weight is 306 g/mol. The van der Waals surface area contributed by atoms with Crippen LogP contribution >= 0.6 is 11.3 Å². The van der Waals surface area contributed by atoms with Crippen LogP contribution in [0.15, 0.2) is 29.9 Å². The lowest BCUT2D eigenvalue weighted by Crippen LogP contribution is -2.43. The van der Waals surface area contributed by atoms with Gasteiger partial charge in [-0.3, -0.25) is 9.69 Å². The van der Waals surface area contributed by atoms with Crippen molar-refractivity contribution in [2.24, 2.45) is 0 Å². The summed E-state index contributed by atoms with van der Waals surface area (Å²) >= 11 is 1.72. The van der Waals surface area contributed by atoms with Crippen LogP contribution in [0.25, 0.3) is 0 Å². The maximum absolute atomic E-state index is 12.0. The van der Waals surface area contributed by atoms with Crippen molar-refractivity contribution in [3.8, 4) is 0 Å². The van der Waals surface area contributed by atoms with Gasteiger partial charge in [0.1, 0.15) is 0 Å². The third kappa shape index (κ3) is 3.49. The van der Waals surface area contributed by atoms with Gasteiger partial charge in [-0.15, -0.1) is 11.3 Å². The zero-order chi connectivity index (χ0) is 14.5. The molecule has 1 aliphatic rings. The Morgan fingerprint density at radius 3 is 3.05 bits per heavy atom. The maximum atomic E-state index is 12.0. The number of carbonyl (C=O) groups is 1. The summed E-state index contributed by atoms with van der Waals surface area (Å²) in [6.07, 6.45) is 3.22. The van der Waals surface area contributed by atoms with Crippen LogP contribution in [0.5, 0.6) is 0 Å². The van der Waals surface area contributed by atoms with Crippen molar-refractivity contribution >= 4 is 17.2 Å². The third-order valence-corrected chi connectivity index (χ3v) is 4.50. The molecule has 0 aromatic carbocycles. The van der Waals surface area contributed by atoms with Gasteiger partial charge in [0.25, 0.3) is 5.91 Å². The molecule has 3 rings (SSSR count). The van der Waals surface area contributed by atoms with Crippen LogP contribution in [0.1, 0.15) is 21.5 Å². The van der Waals surface area contributed by atoms with Gasteiger partial charge in [0.05, 0.1) is 19.3 Å². The number of hydrogen-bond acceptors (Lipinski definition) is 5. The molecular weight excluding hydrogens is 288 g/mol. The van der Waals surface area contributed by atoms with Crippen molar-refractivity contribution in [2.75, 3.05) is 32.8 Å². The standard InChI is InChI=1S/C14H18N4O2S/c19-14(13-15-3-4-16-13)17-10-11(12-2-1-9-21-12)18-5-7-20-8-6-18/h1-4,9,11H,5-8,10H2,(H,15,16)(H,17,19). The minimum Gasteiger partial charge on any atom is -0.379 e. The quantitative estimate of drug-likeness (QED) is 0.873. The zero-order valence-electron chi connectivity index (χ0n) is 11.6. The highest BCUT2D eigenvalue weighted by Gasteiger charge is 2.24. The predicted octanol–water partition coefficient (Wildman–Crippen LogP) is 1.27. The van der Waals surface area contributed by atoms with E-state index in [9.17, 15) is 4.79 Å². The largest absolute Gasteiger partial charge is 0.379 e. The summed E-state index contributed by atoms with van der Waals surface area (Å²) in [4.78, 5) is 22.4. The molecule has 7 heteroatoms. The Morgan fingerprint density at radius 1 is 1.52 bits per heavy atom. The minimum absolute atomic E-state index is 0.171. The first kappa shape index (κ1) is 14.2. The number of nitrogens with zero attached hydrogens (tertiary/aromatic N) is 2. The van der Waals surface area contributed by atoms with Gasteiger partial charge in [-0.1, -0.05) is 6.07 Å². The second-order valence-electron chi connectivity index (χ2n) is 4.83. The fourth-order valence-corrected chi connectivity index (χ4v) is 3.30. The van der Waals surface area contributed by atoms with E-state index in [4.69, 9.17) is 4.74 Å². The number of imidazole rings is 1. The zero-order valence-corrected chi connectivity index (χ0v) is 12.4. The monoisotopic (exact) mass is 306 g/mol. The Morgan fingerprint density at radius 2 is 2.38 bits per heavy atom. The lowest BCUT2D eigenvalue weighted by atomic mass is 10.2. The predicted molar refractivity (Wildman–Crippen MR) is 80.4 cm³/mol. The highest BCUT2D eigenvalue weighted by molar-refractivity contribution is 7.10. The van der Waals surface area contributed by atoms with Crippen molar-refractivity contribution in [3.63, 3.8) is 0 Å². The Hall–Kier alpha value is -1.70. The van der Waals surface area contributed by atoms with Crippen LogP contribution < -0.4 is 5.32 Å². The first-order valence-corrected chi connectivity index (χ1v) is 7.85. The number of nitrogens with one attached hydrogen (secondary N) is 2. The molecule has 2 aromatic heterocycles. The molecule has 0 bridgehead atoms. The van der Waals surface area contributed by atoms with Crippen LogP contribution in [-0.2, 0) is 4.74 Å². The van der Waals surface area contributed by atoms with Gasteiger partial charge >= 0.3 is 0 Å². The van der Waals surface area contributed by atoms with E-state index < -0.39 is 0 Å². The topological polar surface area (TPSA) is 70.2 Å². The van der Waals surface area contributed by atoms with Gasteiger partial charge in [-0.2, -0.15) is 0 Å². The van der Waals surface area contributed by atoms with Crippen molar-refractivity contribution in [3.05, 3.63) is 40.6 Å². The van der Waals surface area contributed by atoms with E-state index in [0.29, 0.717) is 12.4 Å². The molecule has 112 valence electrons. The van der Waals surface area contributed by atoms with E-state index in [-0.39, 0.29) is 11.9 Å². The molecule has 21 heavy (non-hydrogen) atoms. The van der Waals surface area contributed by atoms with Crippen molar-refractivity contribution in [1.82, 2.24) is 20.2 Å². The van der Waals surface area contributed by atoms with Gasteiger partial charge in [0, 0.05) is 36.9 Å². The number of hydrogen-bond donors (Lipinski definition) is 2. The Kier molecular flexibility index (Phi) is 4.64. The average Bonchev–Trinajstić information content (AvgIpc) is 3.22. The van der Waals surface area contributed by atoms with Crippen LogP contribution in [0.4, 0.5) is 0 Å². The SMILES string of the molecule is O=C(NCC(c1cccs1)N1CCOCC1)c1ncc[nH]1. The van der Waals surface area contributed by atoms with E-state index in [1.54, 1.807) is 23.7 Å². The molecule has 1 unspecified atom stereocenters.